The molecule has 0 radical (unpaired) electrons. The maximum absolute atomic E-state index is 3.79. The minimum Gasteiger partial charge on any atom is -0.314 e. The van der Waals surface area contributed by atoms with Gasteiger partial charge in [-0.15, -0.1) is 0 Å². The summed E-state index contributed by atoms with van der Waals surface area (Å²) >= 11 is 0. The number of nitrogens with one attached hydrogen (secondary N) is 1. The summed E-state index contributed by atoms with van der Waals surface area (Å²) in [6, 6.07) is 1.49. The minimum absolute atomic E-state index is 0.731. The van der Waals surface area contributed by atoms with Gasteiger partial charge in [-0.05, 0) is 64.5 Å². The maximum atomic E-state index is 3.79. The number of rotatable bonds is 8. The van der Waals surface area contributed by atoms with Gasteiger partial charge in [-0.3, -0.25) is 0 Å². The third-order valence-corrected chi connectivity index (χ3v) is 4.88. The van der Waals surface area contributed by atoms with Gasteiger partial charge in [0.2, 0.25) is 0 Å². The van der Waals surface area contributed by atoms with Gasteiger partial charge in [0.1, 0.15) is 0 Å². The standard InChI is InChI=1S/C17H36N2/c1-6-8-15(4)19(5)13-16-12-14(3)9-10-17(16)18-11-7-2/h14-18H,6-13H2,1-5H3. The van der Waals surface area contributed by atoms with Crippen molar-refractivity contribution in [3.8, 4) is 0 Å². The third kappa shape index (κ3) is 5.83. The molecule has 114 valence electrons. The van der Waals surface area contributed by atoms with Crippen LogP contribution in [0.15, 0.2) is 0 Å². The molecule has 19 heavy (non-hydrogen) atoms. The van der Waals surface area contributed by atoms with E-state index in [0.29, 0.717) is 0 Å². The normalized spacial score (nSPS) is 29.7. The van der Waals surface area contributed by atoms with Gasteiger partial charge in [-0.2, -0.15) is 0 Å². The van der Waals surface area contributed by atoms with Crippen molar-refractivity contribution in [3.05, 3.63) is 0 Å². The summed E-state index contributed by atoms with van der Waals surface area (Å²) in [5.74, 6) is 1.76. The Balaban J connectivity index is 2.49. The molecule has 1 fully saturated rings. The predicted octanol–water partition coefficient (Wildman–Crippen LogP) is 3.91. The fourth-order valence-corrected chi connectivity index (χ4v) is 3.49. The molecule has 0 saturated heterocycles. The molecule has 1 rings (SSSR count). The van der Waals surface area contributed by atoms with E-state index < -0.39 is 0 Å². The molecule has 0 aromatic heterocycles. The summed E-state index contributed by atoms with van der Waals surface area (Å²) in [5, 5.41) is 3.79. The van der Waals surface area contributed by atoms with Gasteiger partial charge in [-0.25, -0.2) is 0 Å². The van der Waals surface area contributed by atoms with Crippen LogP contribution >= 0.6 is 0 Å². The van der Waals surface area contributed by atoms with Crippen molar-refractivity contribution >= 4 is 0 Å². The molecule has 0 bridgehead atoms. The van der Waals surface area contributed by atoms with Crippen molar-refractivity contribution in [1.82, 2.24) is 10.2 Å². The van der Waals surface area contributed by atoms with Gasteiger partial charge < -0.3 is 10.2 Å². The van der Waals surface area contributed by atoms with E-state index in [9.17, 15) is 0 Å². The lowest BCUT2D eigenvalue weighted by Crippen LogP contribution is -2.46. The summed E-state index contributed by atoms with van der Waals surface area (Å²) in [5.41, 5.74) is 0. The van der Waals surface area contributed by atoms with Crippen LogP contribution in [0.5, 0.6) is 0 Å². The lowest BCUT2D eigenvalue weighted by molar-refractivity contribution is 0.135. The van der Waals surface area contributed by atoms with Gasteiger partial charge in [0.25, 0.3) is 0 Å². The Labute approximate surface area is 121 Å². The lowest BCUT2D eigenvalue weighted by atomic mass is 9.78. The van der Waals surface area contributed by atoms with Gasteiger partial charge in [-0.1, -0.05) is 27.2 Å². The highest BCUT2D eigenvalue weighted by Crippen LogP contribution is 2.30. The highest BCUT2D eigenvalue weighted by Gasteiger charge is 2.29. The molecule has 0 aromatic carbocycles. The Hall–Kier alpha value is -0.0800. The molecular weight excluding hydrogens is 232 g/mol. The van der Waals surface area contributed by atoms with E-state index in [1.54, 1.807) is 0 Å². The van der Waals surface area contributed by atoms with Crippen LogP contribution in [-0.4, -0.2) is 37.1 Å². The Morgan fingerprint density at radius 2 is 1.95 bits per heavy atom. The van der Waals surface area contributed by atoms with E-state index in [1.807, 2.05) is 0 Å². The first-order valence-corrected chi connectivity index (χ1v) is 8.52. The van der Waals surface area contributed by atoms with Crippen molar-refractivity contribution in [2.75, 3.05) is 20.1 Å². The molecule has 1 saturated carbocycles. The van der Waals surface area contributed by atoms with Gasteiger partial charge in [0.05, 0.1) is 0 Å². The Morgan fingerprint density at radius 3 is 2.58 bits per heavy atom. The summed E-state index contributed by atoms with van der Waals surface area (Å²) < 4.78 is 0. The van der Waals surface area contributed by atoms with Crippen LogP contribution < -0.4 is 5.32 Å². The van der Waals surface area contributed by atoms with E-state index in [-0.39, 0.29) is 0 Å². The molecule has 1 aliphatic rings. The maximum Gasteiger partial charge on any atom is 0.0108 e. The van der Waals surface area contributed by atoms with Crippen LogP contribution in [0, 0.1) is 11.8 Å². The predicted molar refractivity (Wildman–Crippen MR) is 85.6 cm³/mol. The molecule has 1 aliphatic carbocycles. The molecule has 0 aliphatic heterocycles. The van der Waals surface area contributed by atoms with Gasteiger partial charge in [0, 0.05) is 18.6 Å². The Kier molecular flexibility index (Phi) is 8.01. The van der Waals surface area contributed by atoms with Gasteiger partial charge >= 0.3 is 0 Å². The van der Waals surface area contributed by atoms with Crippen molar-refractivity contribution in [2.45, 2.75) is 78.3 Å². The first kappa shape index (κ1) is 17.0. The van der Waals surface area contributed by atoms with Crippen LogP contribution in [0.4, 0.5) is 0 Å². The van der Waals surface area contributed by atoms with E-state index in [4.69, 9.17) is 0 Å². The summed E-state index contributed by atoms with van der Waals surface area (Å²) in [6.45, 7) is 11.8. The fraction of sp³-hybridized carbons (Fsp3) is 1.00. The average Bonchev–Trinajstić information content (AvgIpc) is 2.38. The molecule has 0 aromatic rings. The van der Waals surface area contributed by atoms with Crippen LogP contribution in [0.1, 0.15) is 66.2 Å². The van der Waals surface area contributed by atoms with Crippen LogP contribution in [-0.2, 0) is 0 Å². The quantitative estimate of drug-likeness (QED) is 0.718. The molecule has 2 nitrogen and oxygen atoms in total. The second-order valence-corrected chi connectivity index (χ2v) is 6.82. The zero-order valence-electron chi connectivity index (χ0n) is 13.9. The summed E-state index contributed by atoms with van der Waals surface area (Å²) in [4.78, 5) is 2.59. The molecule has 0 spiro atoms. The zero-order valence-corrected chi connectivity index (χ0v) is 13.9. The largest absolute Gasteiger partial charge is 0.314 e. The van der Waals surface area contributed by atoms with E-state index in [0.717, 1.165) is 23.9 Å². The first-order valence-electron chi connectivity index (χ1n) is 8.52. The fourth-order valence-electron chi connectivity index (χ4n) is 3.49. The monoisotopic (exact) mass is 268 g/mol. The highest BCUT2D eigenvalue weighted by atomic mass is 15.1. The number of hydrogen-bond acceptors (Lipinski definition) is 2. The highest BCUT2D eigenvalue weighted by molar-refractivity contribution is 4.85. The molecule has 4 unspecified atom stereocenters. The van der Waals surface area contributed by atoms with Crippen molar-refractivity contribution < 1.29 is 0 Å². The van der Waals surface area contributed by atoms with Crippen molar-refractivity contribution in [2.24, 2.45) is 11.8 Å². The average molecular weight is 268 g/mol. The zero-order chi connectivity index (χ0) is 14.3. The second-order valence-electron chi connectivity index (χ2n) is 6.82. The van der Waals surface area contributed by atoms with Gasteiger partial charge in [0.15, 0.2) is 0 Å². The van der Waals surface area contributed by atoms with Crippen LogP contribution in [0.3, 0.4) is 0 Å². The molecule has 4 atom stereocenters. The molecule has 0 amide bonds. The van der Waals surface area contributed by atoms with E-state index in [2.05, 4.69) is 45.0 Å². The molecule has 2 heteroatoms. The SMILES string of the molecule is CCCNC1CCC(C)CC1CN(C)C(C)CCC. The smallest absolute Gasteiger partial charge is 0.0108 e. The van der Waals surface area contributed by atoms with E-state index in [1.165, 1.54) is 51.6 Å². The molecule has 0 heterocycles. The second kappa shape index (κ2) is 8.97. The van der Waals surface area contributed by atoms with Crippen LogP contribution in [0.25, 0.3) is 0 Å². The van der Waals surface area contributed by atoms with E-state index >= 15 is 0 Å². The van der Waals surface area contributed by atoms with Crippen molar-refractivity contribution in [1.29, 1.82) is 0 Å². The Morgan fingerprint density at radius 1 is 1.21 bits per heavy atom. The molecular formula is C17H36N2. The first-order chi connectivity index (χ1) is 9.08. The summed E-state index contributed by atoms with van der Waals surface area (Å²) in [6.07, 6.45) is 8.06. The minimum atomic E-state index is 0.731. The Bertz CT molecular complexity index is 227. The summed E-state index contributed by atoms with van der Waals surface area (Å²) in [7, 11) is 2.32. The number of nitrogens with zero attached hydrogens (tertiary/aromatic N) is 1. The molecule has 1 N–H and O–H groups in total. The number of hydrogen-bond donors (Lipinski definition) is 1. The lowest BCUT2D eigenvalue weighted by Gasteiger charge is -2.39. The topological polar surface area (TPSA) is 15.3 Å². The van der Waals surface area contributed by atoms with Crippen molar-refractivity contribution in [3.63, 3.8) is 0 Å². The third-order valence-electron chi connectivity index (χ3n) is 4.88. The van der Waals surface area contributed by atoms with Crippen LogP contribution in [0.2, 0.25) is 0 Å².